The van der Waals surface area contributed by atoms with E-state index in [1.54, 1.807) is 0 Å². The first-order valence-electron chi connectivity index (χ1n) is 0. The van der Waals surface area contributed by atoms with E-state index >= 15 is 0 Å². The largest absolute Gasteiger partial charge is 3.00 e. The topological polar surface area (TPSA) is 57.0 Å². The zero-order valence-electron chi connectivity index (χ0n) is 2.10. The Balaban J connectivity index is 0. The average molecular weight is 212 g/mol. The predicted octanol–water partition coefficient (Wildman–Crippen LogP) is -0.621. The van der Waals surface area contributed by atoms with E-state index < -0.39 is 0 Å². The van der Waals surface area contributed by atoms with Crippen LogP contribution in [0.1, 0.15) is 0 Å². The molecule has 0 spiro atoms. The van der Waals surface area contributed by atoms with E-state index in [0.29, 0.717) is 0 Å². The molecule has 4 heavy (non-hydrogen) atoms. The predicted molar refractivity (Wildman–Crippen MR) is 7.13 cm³/mol. The molecule has 0 aromatic rings. The molecule has 0 aliphatic rings. The van der Waals surface area contributed by atoms with Crippen LogP contribution in [0.15, 0.2) is 0 Å². The number of rotatable bonds is 0. The van der Waals surface area contributed by atoms with Crippen molar-refractivity contribution >= 4 is 25.8 Å². The molecule has 0 aromatic carbocycles. The smallest absolute Gasteiger partial charge is 2.00 e. The van der Waals surface area contributed by atoms with Gasteiger partial charge in [-0.05, 0) is 0 Å². The molecule has 0 saturated heterocycles. The second-order valence-corrected chi connectivity index (χ2v) is 0. The maximum Gasteiger partial charge on any atom is 3.00 e. The monoisotopic (exact) mass is 211 g/mol. The van der Waals surface area contributed by atoms with Gasteiger partial charge in [-0.25, -0.2) is 0 Å². The minimum absolute atomic E-state index is 0. The van der Waals surface area contributed by atoms with Crippen LogP contribution >= 0.6 is 0 Å². The van der Waals surface area contributed by atoms with Gasteiger partial charge in [-0.3, -0.25) is 0 Å². The average Bonchev–Trinajstić information content (AvgIpc) is 0. The minimum Gasteiger partial charge on any atom is -2.00 e. The second-order valence-electron chi connectivity index (χ2n) is 0. The summed E-state index contributed by atoms with van der Waals surface area (Å²) in [6.07, 6.45) is 0. The van der Waals surface area contributed by atoms with Gasteiger partial charge in [0.1, 0.15) is 0 Å². The fourth-order valence-electron chi connectivity index (χ4n) is 0. The van der Waals surface area contributed by atoms with Crippen molar-refractivity contribution in [2.24, 2.45) is 0 Å². The van der Waals surface area contributed by atoms with E-state index in [4.69, 9.17) is 0 Å². The molecule has 0 rings (SSSR count). The fourth-order valence-corrected chi connectivity index (χ4v) is 0. The van der Waals surface area contributed by atoms with Gasteiger partial charge in [0.25, 0.3) is 0 Å². The van der Waals surface area contributed by atoms with Crippen LogP contribution in [0, 0.1) is 0 Å². The first-order chi connectivity index (χ1) is 0. The zero-order valence-corrected chi connectivity index (χ0v) is 8.36. The summed E-state index contributed by atoms with van der Waals surface area (Å²) in [5.74, 6) is 0. The molecule has 0 aromatic heterocycles. The summed E-state index contributed by atoms with van der Waals surface area (Å²) in [7, 11) is 0. The Morgan fingerprint density at radius 3 is 0.750 bits per heavy atom. The van der Waals surface area contributed by atoms with Gasteiger partial charge >= 0.3 is 45.3 Å². The summed E-state index contributed by atoms with van der Waals surface area (Å²) in [6.45, 7) is 0. The van der Waals surface area contributed by atoms with E-state index in [-0.39, 0.29) is 56.3 Å². The summed E-state index contributed by atoms with van der Waals surface area (Å²) in [6, 6.07) is 0. The van der Waals surface area contributed by atoms with Crippen molar-refractivity contribution in [1.29, 1.82) is 0 Å². The van der Waals surface area contributed by atoms with Crippen molar-refractivity contribution < 1.29 is 30.4 Å². The van der Waals surface area contributed by atoms with Gasteiger partial charge in [0, 0.05) is 0 Å². The van der Waals surface area contributed by atoms with E-state index in [1.807, 2.05) is 0 Å². The molecular formula is InO2Zn+. The molecule has 0 heterocycles. The zero-order chi connectivity index (χ0) is 0. The van der Waals surface area contributed by atoms with E-state index in [0.717, 1.165) is 0 Å². The van der Waals surface area contributed by atoms with Gasteiger partial charge in [0.05, 0.1) is 0 Å². The molecule has 0 atom stereocenters. The van der Waals surface area contributed by atoms with Gasteiger partial charge in [-0.2, -0.15) is 0 Å². The minimum atomic E-state index is 0. The van der Waals surface area contributed by atoms with Gasteiger partial charge in [-0.1, -0.05) is 0 Å². The van der Waals surface area contributed by atoms with Gasteiger partial charge in [0.2, 0.25) is 0 Å². The molecule has 0 N–H and O–H groups in total. The van der Waals surface area contributed by atoms with Gasteiger partial charge < -0.3 is 11.0 Å². The summed E-state index contributed by atoms with van der Waals surface area (Å²) < 4.78 is 0. The molecule has 0 fully saturated rings. The van der Waals surface area contributed by atoms with Crippen molar-refractivity contribution in [3.8, 4) is 0 Å². The third kappa shape index (κ3) is 9.95. The molecule has 2 nitrogen and oxygen atoms in total. The molecule has 0 aliphatic carbocycles. The molecule has 0 saturated carbocycles. The van der Waals surface area contributed by atoms with E-state index in [2.05, 4.69) is 0 Å². The van der Waals surface area contributed by atoms with Crippen molar-refractivity contribution in [1.82, 2.24) is 0 Å². The van der Waals surface area contributed by atoms with Crippen LogP contribution in [0.4, 0.5) is 0 Å². The fraction of sp³-hybridized carbons (Fsp3) is 0. The van der Waals surface area contributed by atoms with E-state index in [9.17, 15) is 0 Å². The third-order valence-electron chi connectivity index (χ3n) is 0. The standard InChI is InChI=1S/In.2O.Zn/q+3;2*-2;+2. The summed E-state index contributed by atoms with van der Waals surface area (Å²) in [5, 5.41) is 0. The second kappa shape index (κ2) is 25.7. The Morgan fingerprint density at radius 1 is 0.750 bits per heavy atom. The molecule has 16 valence electrons. The first-order valence-corrected chi connectivity index (χ1v) is 0. The Labute approximate surface area is 56.1 Å². The molecule has 0 amide bonds. The number of hydrogen-bond acceptors (Lipinski definition) is 0. The Morgan fingerprint density at radius 2 is 0.750 bits per heavy atom. The Hall–Kier alpha value is 1.41. The quantitative estimate of drug-likeness (QED) is 0.480. The van der Waals surface area contributed by atoms with Gasteiger partial charge in [0.15, 0.2) is 0 Å². The molecule has 0 radical (unpaired) electrons. The molecule has 0 unspecified atom stereocenters. The SMILES string of the molecule is [In+3].[O-2].[O-2].[Zn+2]. The maximum absolute atomic E-state index is 0. The van der Waals surface area contributed by atoms with Gasteiger partial charge in [-0.15, -0.1) is 0 Å². The molecule has 0 bridgehead atoms. The molecule has 0 aliphatic heterocycles. The van der Waals surface area contributed by atoms with Crippen molar-refractivity contribution in [3.63, 3.8) is 0 Å². The normalized spacial score (nSPS) is 0. The van der Waals surface area contributed by atoms with Crippen molar-refractivity contribution in [2.45, 2.75) is 0 Å². The van der Waals surface area contributed by atoms with Crippen molar-refractivity contribution in [3.05, 3.63) is 0 Å². The van der Waals surface area contributed by atoms with Crippen LogP contribution in [0.2, 0.25) is 0 Å². The Kier molecular flexibility index (Phi) is 340. The van der Waals surface area contributed by atoms with Crippen LogP contribution in [0.25, 0.3) is 0 Å². The summed E-state index contributed by atoms with van der Waals surface area (Å²) >= 11 is 0. The summed E-state index contributed by atoms with van der Waals surface area (Å²) in [5.41, 5.74) is 0. The number of hydrogen-bond donors (Lipinski definition) is 0. The van der Waals surface area contributed by atoms with Crippen LogP contribution in [0.5, 0.6) is 0 Å². The third-order valence-corrected chi connectivity index (χ3v) is 0. The van der Waals surface area contributed by atoms with Crippen LogP contribution in [-0.4, -0.2) is 25.8 Å². The molecular weight excluding hydrogens is 212 g/mol. The molecule has 4 heteroatoms. The Bertz CT molecular complexity index is 6.00. The summed E-state index contributed by atoms with van der Waals surface area (Å²) in [4.78, 5) is 0. The van der Waals surface area contributed by atoms with E-state index in [1.165, 1.54) is 0 Å². The van der Waals surface area contributed by atoms with Crippen molar-refractivity contribution in [2.75, 3.05) is 0 Å². The van der Waals surface area contributed by atoms with Crippen LogP contribution in [-0.2, 0) is 30.4 Å². The van der Waals surface area contributed by atoms with Crippen LogP contribution in [0.3, 0.4) is 0 Å². The maximum atomic E-state index is 0. The van der Waals surface area contributed by atoms with Crippen LogP contribution < -0.4 is 0 Å². The first kappa shape index (κ1) is 52.8.